The zero-order valence-corrected chi connectivity index (χ0v) is 13.6. The molecule has 0 amide bonds. The van der Waals surface area contributed by atoms with E-state index >= 15 is 0 Å². The van der Waals surface area contributed by atoms with E-state index in [2.05, 4.69) is 15.9 Å². The van der Waals surface area contributed by atoms with Crippen molar-refractivity contribution in [2.75, 3.05) is 13.1 Å². The number of carboxylic acid groups (broad SMARTS) is 1. The van der Waals surface area contributed by atoms with Crippen LogP contribution in [0, 0.1) is 5.92 Å². The molecule has 0 unspecified atom stereocenters. The first-order chi connectivity index (χ1) is 9.32. The van der Waals surface area contributed by atoms with E-state index in [0.717, 1.165) is 0 Å². The van der Waals surface area contributed by atoms with Gasteiger partial charge < -0.3 is 5.11 Å². The van der Waals surface area contributed by atoms with Crippen LogP contribution in [-0.4, -0.2) is 36.9 Å². The Balaban J connectivity index is 2.32. The number of rotatable bonds is 3. The molecular formula is C12H13BrClNO4S. The van der Waals surface area contributed by atoms with Crippen molar-refractivity contribution in [3.63, 3.8) is 0 Å². The lowest BCUT2D eigenvalue weighted by Gasteiger charge is -2.30. The van der Waals surface area contributed by atoms with Crippen molar-refractivity contribution in [2.45, 2.75) is 17.7 Å². The average Bonchev–Trinajstić information content (AvgIpc) is 2.38. The van der Waals surface area contributed by atoms with Gasteiger partial charge in [0.2, 0.25) is 10.0 Å². The molecule has 1 aliphatic rings. The van der Waals surface area contributed by atoms with Crippen molar-refractivity contribution in [1.82, 2.24) is 4.31 Å². The Hall–Kier alpha value is -0.630. The van der Waals surface area contributed by atoms with E-state index in [0.29, 0.717) is 23.9 Å². The first-order valence-corrected chi connectivity index (χ1v) is 8.61. The summed E-state index contributed by atoms with van der Waals surface area (Å²) in [6.07, 6.45) is 1.03. The second-order valence-electron chi connectivity index (χ2n) is 4.62. The maximum Gasteiger partial charge on any atom is 0.307 e. The van der Waals surface area contributed by atoms with Gasteiger partial charge in [0, 0.05) is 17.6 Å². The van der Waals surface area contributed by atoms with Crippen LogP contribution in [0.2, 0.25) is 5.02 Å². The first kappa shape index (κ1) is 15.8. The Morgan fingerprint density at radius 3 is 2.75 bits per heavy atom. The van der Waals surface area contributed by atoms with Crippen molar-refractivity contribution in [2.24, 2.45) is 5.92 Å². The molecular weight excluding hydrogens is 370 g/mol. The van der Waals surface area contributed by atoms with Gasteiger partial charge in [-0.15, -0.1) is 0 Å². The number of halogens is 2. The minimum atomic E-state index is -3.76. The summed E-state index contributed by atoms with van der Waals surface area (Å²) in [4.78, 5) is 11.0. The van der Waals surface area contributed by atoms with Crippen LogP contribution < -0.4 is 0 Å². The number of hydrogen-bond acceptors (Lipinski definition) is 3. The minimum Gasteiger partial charge on any atom is -0.481 e. The topological polar surface area (TPSA) is 74.7 Å². The highest BCUT2D eigenvalue weighted by Crippen LogP contribution is 2.30. The fourth-order valence-electron chi connectivity index (χ4n) is 2.19. The van der Waals surface area contributed by atoms with E-state index < -0.39 is 21.9 Å². The van der Waals surface area contributed by atoms with Crippen molar-refractivity contribution in [3.05, 3.63) is 27.7 Å². The van der Waals surface area contributed by atoms with Gasteiger partial charge in [0.25, 0.3) is 0 Å². The molecule has 0 saturated carbocycles. The summed E-state index contributed by atoms with van der Waals surface area (Å²) in [5.41, 5.74) is 0. The summed E-state index contributed by atoms with van der Waals surface area (Å²) in [5.74, 6) is -1.63. The van der Waals surface area contributed by atoms with Crippen LogP contribution >= 0.6 is 27.5 Å². The summed E-state index contributed by atoms with van der Waals surface area (Å²) in [5, 5.41) is 9.15. The number of hydrogen-bond donors (Lipinski definition) is 1. The predicted molar refractivity (Wildman–Crippen MR) is 78.3 cm³/mol. The predicted octanol–water partition coefficient (Wildman–Crippen LogP) is 2.59. The lowest BCUT2D eigenvalue weighted by atomic mass is 10.0. The highest BCUT2D eigenvalue weighted by atomic mass is 79.9. The Morgan fingerprint density at radius 2 is 2.15 bits per heavy atom. The molecule has 1 aliphatic heterocycles. The third kappa shape index (κ3) is 3.16. The highest BCUT2D eigenvalue weighted by molar-refractivity contribution is 9.10. The second kappa shape index (κ2) is 6.01. The average molecular weight is 383 g/mol. The number of carboxylic acids is 1. The minimum absolute atomic E-state index is 0.00778. The molecule has 1 heterocycles. The molecule has 1 fully saturated rings. The molecule has 5 nitrogen and oxygen atoms in total. The van der Waals surface area contributed by atoms with Gasteiger partial charge in [-0.2, -0.15) is 4.31 Å². The second-order valence-corrected chi connectivity index (χ2v) is 7.84. The Morgan fingerprint density at radius 1 is 1.45 bits per heavy atom. The fourth-order valence-corrected chi connectivity index (χ4v) is 4.72. The van der Waals surface area contributed by atoms with Crippen LogP contribution in [-0.2, 0) is 14.8 Å². The molecule has 2 rings (SSSR count). The molecule has 1 aromatic carbocycles. The Labute approximate surface area is 130 Å². The van der Waals surface area contributed by atoms with E-state index in [-0.39, 0.29) is 16.5 Å². The lowest BCUT2D eigenvalue weighted by molar-refractivity contribution is -0.142. The molecule has 0 aromatic heterocycles. The van der Waals surface area contributed by atoms with Gasteiger partial charge in [0.05, 0.1) is 10.9 Å². The van der Waals surface area contributed by atoms with E-state index in [1.807, 2.05) is 0 Å². The van der Waals surface area contributed by atoms with Crippen LogP contribution in [0.5, 0.6) is 0 Å². The molecule has 20 heavy (non-hydrogen) atoms. The molecule has 110 valence electrons. The highest BCUT2D eigenvalue weighted by Gasteiger charge is 2.34. The number of aliphatic carboxylic acids is 1. The smallest absolute Gasteiger partial charge is 0.307 e. The number of nitrogens with zero attached hydrogens (tertiary/aromatic N) is 1. The molecule has 0 aliphatic carbocycles. The Bertz CT molecular complexity index is 634. The largest absolute Gasteiger partial charge is 0.481 e. The molecule has 1 N–H and O–H groups in total. The van der Waals surface area contributed by atoms with Crippen molar-refractivity contribution in [1.29, 1.82) is 0 Å². The van der Waals surface area contributed by atoms with E-state index in [4.69, 9.17) is 16.7 Å². The molecule has 8 heteroatoms. The summed E-state index contributed by atoms with van der Waals surface area (Å²) in [6, 6.07) is 4.52. The monoisotopic (exact) mass is 381 g/mol. The van der Waals surface area contributed by atoms with Gasteiger partial charge >= 0.3 is 5.97 Å². The zero-order valence-electron chi connectivity index (χ0n) is 10.4. The number of piperidine rings is 1. The zero-order chi connectivity index (χ0) is 14.9. The number of benzene rings is 1. The standard InChI is InChI=1S/C12H13BrClNO4S/c13-9-3-4-11(10(14)6-9)20(18,19)15-5-1-2-8(7-15)12(16)17/h3-4,6,8H,1-2,5,7H2,(H,16,17)/t8-/m0/s1. The van der Waals surface area contributed by atoms with Gasteiger partial charge in [0.15, 0.2) is 0 Å². The van der Waals surface area contributed by atoms with E-state index in [9.17, 15) is 13.2 Å². The molecule has 1 atom stereocenters. The van der Waals surface area contributed by atoms with Crippen molar-refractivity contribution in [3.8, 4) is 0 Å². The molecule has 0 spiro atoms. The van der Waals surface area contributed by atoms with Gasteiger partial charge in [-0.25, -0.2) is 8.42 Å². The summed E-state index contributed by atoms with van der Waals surface area (Å²) >= 11 is 9.20. The van der Waals surface area contributed by atoms with Crippen molar-refractivity contribution >= 4 is 43.5 Å². The number of carbonyl (C=O) groups is 1. The van der Waals surface area contributed by atoms with Crippen molar-refractivity contribution < 1.29 is 18.3 Å². The maximum atomic E-state index is 12.5. The first-order valence-electron chi connectivity index (χ1n) is 6.00. The van der Waals surface area contributed by atoms with Gasteiger partial charge in [-0.1, -0.05) is 27.5 Å². The molecule has 1 aromatic rings. The summed E-state index contributed by atoms with van der Waals surface area (Å²) in [6.45, 7) is 0.308. The molecule has 0 bridgehead atoms. The van der Waals surface area contributed by atoms with Crippen LogP contribution in [0.3, 0.4) is 0 Å². The summed E-state index contributed by atoms with van der Waals surface area (Å²) in [7, 11) is -3.76. The van der Waals surface area contributed by atoms with Gasteiger partial charge in [-0.3, -0.25) is 4.79 Å². The lowest BCUT2D eigenvalue weighted by Crippen LogP contribution is -2.42. The van der Waals surface area contributed by atoms with E-state index in [1.54, 1.807) is 6.07 Å². The van der Waals surface area contributed by atoms with Gasteiger partial charge in [-0.05, 0) is 31.0 Å². The van der Waals surface area contributed by atoms with Gasteiger partial charge in [0.1, 0.15) is 4.90 Å². The van der Waals surface area contributed by atoms with Crippen LogP contribution in [0.25, 0.3) is 0 Å². The van der Waals surface area contributed by atoms with Crippen LogP contribution in [0.1, 0.15) is 12.8 Å². The van der Waals surface area contributed by atoms with Crippen LogP contribution in [0.15, 0.2) is 27.6 Å². The molecule has 0 radical (unpaired) electrons. The third-order valence-corrected chi connectivity index (χ3v) is 6.09. The molecule has 1 saturated heterocycles. The number of sulfonamides is 1. The third-order valence-electron chi connectivity index (χ3n) is 3.25. The summed E-state index contributed by atoms with van der Waals surface area (Å²) < 4.78 is 26.9. The fraction of sp³-hybridized carbons (Fsp3) is 0.417. The normalized spacial score (nSPS) is 20.8. The maximum absolute atomic E-state index is 12.5. The SMILES string of the molecule is O=C(O)[C@H]1CCCN(S(=O)(=O)c2ccc(Br)cc2Cl)C1. The van der Waals surface area contributed by atoms with E-state index in [1.165, 1.54) is 16.4 Å². The quantitative estimate of drug-likeness (QED) is 0.872. The Kier molecular flexibility index (Phi) is 4.73. The van der Waals surface area contributed by atoms with Crippen LogP contribution in [0.4, 0.5) is 0 Å².